The van der Waals surface area contributed by atoms with E-state index in [0.717, 1.165) is 35.4 Å². The van der Waals surface area contributed by atoms with Crippen LogP contribution in [-0.2, 0) is 0 Å². The lowest BCUT2D eigenvalue weighted by Crippen LogP contribution is -2.24. The average Bonchev–Trinajstić information content (AvgIpc) is 2.51. The fourth-order valence-corrected chi connectivity index (χ4v) is 3.39. The summed E-state index contributed by atoms with van der Waals surface area (Å²) in [7, 11) is 0. The molecule has 1 aliphatic rings. The third-order valence-corrected chi connectivity index (χ3v) is 5.54. The maximum absolute atomic E-state index is 9.09. The molecule has 1 aromatic carbocycles. The molecule has 2 nitrogen and oxygen atoms in total. The molecule has 0 bridgehead atoms. The first kappa shape index (κ1) is 16.8. The van der Waals surface area contributed by atoms with E-state index in [9.17, 15) is 0 Å². The summed E-state index contributed by atoms with van der Waals surface area (Å²) in [6.45, 7) is 4.55. The van der Waals surface area contributed by atoms with Gasteiger partial charge in [-0.15, -0.1) is 0 Å². The second-order valence-corrected chi connectivity index (χ2v) is 7.34. The van der Waals surface area contributed by atoms with Gasteiger partial charge in [-0.05, 0) is 63.0 Å². The van der Waals surface area contributed by atoms with Crippen LogP contribution in [0, 0.1) is 18.8 Å². The van der Waals surface area contributed by atoms with Gasteiger partial charge in [-0.1, -0.05) is 35.3 Å². The zero-order valence-corrected chi connectivity index (χ0v) is 14.7. The maximum atomic E-state index is 9.09. The Morgan fingerprint density at radius 1 is 1.29 bits per heavy atom. The van der Waals surface area contributed by atoms with Crippen LogP contribution in [0.25, 0.3) is 0 Å². The Labute approximate surface area is 137 Å². The van der Waals surface area contributed by atoms with Gasteiger partial charge in [0.05, 0.1) is 6.10 Å². The Balaban J connectivity index is 1.78. The molecule has 118 valence electrons. The summed E-state index contributed by atoms with van der Waals surface area (Å²) >= 11 is 3.56. The van der Waals surface area contributed by atoms with Gasteiger partial charge in [0, 0.05) is 16.6 Å². The zero-order valence-electron chi connectivity index (χ0n) is 13.1. The monoisotopic (exact) mass is 354 g/mol. The van der Waals surface area contributed by atoms with Gasteiger partial charge in [-0.3, -0.25) is 0 Å². The summed E-state index contributed by atoms with van der Waals surface area (Å²) in [4.78, 5) is 0. The van der Waals surface area contributed by atoms with Crippen LogP contribution >= 0.6 is 15.9 Å². The van der Waals surface area contributed by atoms with Crippen molar-refractivity contribution >= 4 is 15.9 Å². The van der Waals surface area contributed by atoms with Crippen molar-refractivity contribution in [3.05, 3.63) is 28.2 Å². The summed E-state index contributed by atoms with van der Waals surface area (Å²) in [5.74, 6) is 2.28. The number of aliphatic hydroxyl groups is 1. The summed E-state index contributed by atoms with van der Waals surface area (Å²) in [5.41, 5.74) is 1.19. The third kappa shape index (κ3) is 5.00. The predicted octanol–water partition coefficient (Wildman–Crippen LogP) is 5.10. The Bertz CT molecular complexity index is 439. The molecule has 0 aromatic heterocycles. The van der Waals surface area contributed by atoms with Crippen molar-refractivity contribution in [2.45, 2.75) is 58.5 Å². The molecule has 0 spiro atoms. The van der Waals surface area contributed by atoms with E-state index in [0.29, 0.717) is 18.6 Å². The van der Waals surface area contributed by atoms with Gasteiger partial charge in [-0.25, -0.2) is 0 Å². The van der Waals surface area contributed by atoms with E-state index < -0.39 is 0 Å². The van der Waals surface area contributed by atoms with Crippen molar-refractivity contribution < 1.29 is 9.84 Å². The van der Waals surface area contributed by atoms with Crippen molar-refractivity contribution in [3.63, 3.8) is 0 Å². The van der Waals surface area contributed by atoms with Crippen LogP contribution in [-0.4, -0.2) is 17.8 Å². The molecule has 1 saturated carbocycles. The molecule has 1 fully saturated rings. The van der Waals surface area contributed by atoms with E-state index in [1.807, 2.05) is 6.07 Å². The predicted molar refractivity (Wildman–Crippen MR) is 90.7 cm³/mol. The topological polar surface area (TPSA) is 29.5 Å². The Morgan fingerprint density at radius 2 is 2.00 bits per heavy atom. The summed E-state index contributed by atoms with van der Waals surface area (Å²) < 4.78 is 7.31. The minimum Gasteiger partial charge on any atom is -0.490 e. The lowest BCUT2D eigenvalue weighted by atomic mass is 9.83. The average molecular weight is 355 g/mol. The molecule has 0 aliphatic heterocycles. The SMILES string of the molecule is Cc1c(Br)cccc1OC1CCC(CC[C@@H](C)CO)CC1. The number of ether oxygens (including phenoxy) is 1. The van der Waals surface area contributed by atoms with Crippen molar-refractivity contribution in [2.24, 2.45) is 11.8 Å². The van der Waals surface area contributed by atoms with Gasteiger partial charge in [-0.2, -0.15) is 0 Å². The normalized spacial score (nSPS) is 23.8. The summed E-state index contributed by atoms with van der Waals surface area (Å²) in [5, 5.41) is 9.09. The molecule has 0 heterocycles. The van der Waals surface area contributed by atoms with Crippen LogP contribution in [0.5, 0.6) is 5.75 Å². The molecular formula is C18H27BrO2. The lowest BCUT2D eigenvalue weighted by Gasteiger charge is -2.30. The molecule has 0 radical (unpaired) electrons. The highest BCUT2D eigenvalue weighted by molar-refractivity contribution is 9.10. The van der Waals surface area contributed by atoms with Crippen LogP contribution in [0.3, 0.4) is 0 Å². The van der Waals surface area contributed by atoms with Crippen LogP contribution in [0.4, 0.5) is 0 Å². The van der Waals surface area contributed by atoms with Crippen LogP contribution in [0.15, 0.2) is 22.7 Å². The van der Waals surface area contributed by atoms with Crippen molar-refractivity contribution in [1.29, 1.82) is 0 Å². The van der Waals surface area contributed by atoms with E-state index >= 15 is 0 Å². The van der Waals surface area contributed by atoms with E-state index in [-0.39, 0.29) is 0 Å². The Kier molecular flexibility index (Phi) is 6.56. The highest BCUT2D eigenvalue weighted by Gasteiger charge is 2.23. The highest BCUT2D eigenvalue weighted by Crippen LogP contribution is 2.33. The molecule has 0 saturated heterocycles. The van der Waals surface area contributed by atoms with Gasteiger partial charge >= 0.3 is 0 Å². The van der Waals surface area contributed by atoms with Crippen LogP contribution in [0.1, 0.15) is 51.0 Å². The second-order valence-electron chi connectivity index (χ2n) is 6.49. The number of rotatable bonds is 6. The fourth-order valence-electron chi connectivity index (χ4n) is 3.04. The van der Waals surface area contributed by atoms with Gasteiger partial charge in [0.15, 0.2) is 0 Å². The van der Waals surface area contributed by atoms with E-state index in [1.54, 1.807) is 0 Å². The minimum absolute atomic E-state index is 0.320. The summed E-state index contributed by atoms with van der Waals surface area (Å²) in [6, 6.07) is 6.16. The van der Waals surface area contributed by atoms with Crippen molar-refractivity contribution in [2.75, 3.05) is 6.61 Å². The summed E-state index contributed by atoms with van der Waals surface area (Å²) in [6.07, 6.45) is 7.60. The first-order valence-corrected chi connectivity index (χ1v) is 8.92. The van der Waals surface area contributed by atoms with E-state index in [1.165, 1.54) is 24.8 Å². The first-order valence-electron chi connectivity index (χ1n) is 8.12. The van der Waals surface area contributed by atoms with Crippen molar-refractivity contribution in [1.82, 2.24) is 0 Å². The van der Waals surface area contributed by atoms with Crippen LogP contribution < -0.4 is 4.74 Å². The van der Waals surface area contributed by atoms with Gasteiger partial charge in [0.25, 0.3) is 0 Å². The minimum atomic E-state index is 0.320. The molecular weight excluding hydrogens is 328 g/mol. The molecule has 0 unspecified atom stereocenters. The first-order chi connectivity index (χ1) is 10.1. The fraction of sp³-hybridized carbons (Fsp3) is 0.667. The highest BCUT2D eigenvalue weighted by atomic mass is 79.9. The maximum Gasteiger partial charge on any atom is 0.123 e. The number of hydrogen-bond donors (Lipinski definition) is 1. The molecule has 3 heteroatoms. The molecule has 2 rings (SSSR count). The zero-order chi connectivity index (χ0) is 15.2. The quantitative estimate of drug-likeness (QED) is 0.769. The van der Waals surface area contributed by atoms with Gasteiger partial charge < -0.3 is 9.84 Å². The Morgan fingerprint density at radius 3 is 2.67 bits per heavy atom. The lowest BCUT2D eigenvalue weighted by molar-refractivity contribution is 0.123. The second kappa shape index (κ2) is 8.19. The molecule has 1 aromatic rings. The number of hydrogen-bond acceptors (Lipinski definition) is 2. The van der Waals surface area contributed by atoms with Gasteiger partial charge in [0.2, 0.25) is 0 Å². The van der Waals surface area contributed by atoms with E-state index in [4.69, 9.17) is 9.84 Å². The van der Waals surface area contributed by atoms with Gasteiger partial charge in [0.1, 0.15) is 5.75 Å². The molecule has 1 aliphatic carbocycles. The number of halogens is 1. The molecule has 21 heavy (non-hydrogen) atoms. The Hall–Kier alpha value is -0.540. The number of benzene rings is 1. The van der Waals surface area contributed by atoms with E-state index in [2.05, 4.69) is 41.9 Å². The molecule has 0 amide bonds. The van der Waals surface area contributed by atoms with Crippen LogP contribution in [0.2, 0.25) is 0 Å². The molecule has 1 N–H and O–H groups in total. The standard InChI is InChI=1S/C18H27BrO2/c1-13(12-20)6-7-15-8-10-16(11-9-15)21-18-5-3-4-17(19)14(18)2/h3-5,13,15-16,20H,6-12H2,1-2H3/t13-,15?,16?/m1/s1. The van der Waals surface area contributed by atoms with Crippen molar-refractivity contribution in [3.8, 4) is 5.75 Å². The number of aliphatic hydroxyl groups excluding tert-OH is 1. The smallest absolute Gasteiger partial charge is 0.123 e. The third-order valence-electron chi connectivity index (χ3n) is 4.68. The largest absolute Gasteiger partial charge is 0.490 e. The molecule has 1 atom stereocenters.